The van der Waals surface area contributed by atoms with Crippen LogP contribution >= 0.6 is 0 Å². The van der Waals surface area contributed by atoms with Crippen molar-refractivity contribution in [3.05, 3.63) is 42.2 Å². The highest BCUT2D eigenvalue weighted by molar-refractivity contribution is 7.91. The molecule has 2 heterocycles. The van der Waals surface area contributed by atoms with Gasteiger partial charge in [0, 0.05) is 24.3 Å². The molecule has 0 atom stereocenters. The molecule has 110 valence electrons. The Balaban J connectivity index is 1.76. The molecule has 1 aliphatic rings. The highest BCUT2D eigenvalue weighted by Crippen LogP contribution is 2.25. The zero-order chi connectivity index (χ0) is 14.9. The first kappa shape index (κ1) is 13.9. The van der Waals surface area contributed by atoms with Crippen LogP contribution in [0.3, 0.4) is 0 Å². The van der Waals surface area contributed by atoms with Gasteiger partial charge in [-0.1, -0.05) is 0 Å². The maximum atomic E-state index is 11.4. The van der Waals surface area contributed by atoms with Gasteiger partial charge in [-0.05, 0) is 36.4 Å². The molecule has 3 rings (SSSR count). The molecule has 0 radical (unpaired) electrons. The average molecular weight is 305 g/mol. The number of furan rings is 1. The second-order valence-electron chi connectivity index (χ2n) is 5.01. The lowest BCUT2D eigenvalue weighted by Crippen LogP contribution is -2.40. The Morgan fingerprint density at radius 2 is 1.67 bits per heavy atom. The third-order valence-electron chi connectivity index (χ3n) is 3.60. The molecule has 2 aromatic rings. The summed E-state index contributed by atoms with van der Waals surface area (Å²) in [5.74, 6) is 1.35. The van der Waals surface area contributed by atoms with Gasteiger partial charge in [-0.15, -0.1) is 0 Å². The molecule has 0 spiro atoms. The summed E-state index contributed by atoms with van der Waals surface area (Å²) in [4.78, 5) is 12.7. The maximum Gasteiger partial charge on any atom is 0.185 e. The van der Waals surface area contributed by atoms with Crippen molar-refractivity contribution in [2.75, 3.05) is 29.5 Å². The number of anilines is 1. The van der Waals surface area contributed by atoms with Gasteiger partial charge in [0.1, 0.15) is 5.76 Å². The van der Waals surface area contributed by atoms with Crippen molar-refractivity contribution >= 4 is 21.8 Å². The van der Waals surface area contributed by atoms with Crippen LogP contribution in [-0.4, -0.2) is 39.3 Å². The summed E-state index contributed by atoms with van der Waals surface area (Å²) in [6.45, 7) is 1.05. The van der Waals surface area contributed by atoms with E-state index in [1.165, 1.54) is 0 Å². The highest BCUT2D eigenvalue weighted by Gasteiger charge is 2.21. The largest absolute Gasteiger partial charge is 0.453 e. The summed E-state index contributed by atoms with van der Waals surface area (Å²) in [7, 11) is -2.86. The number of benzene rings is 1. The van der Waals surface area contributed by atoms with Crippen LogP contribution in [0.2, 0.25) is 0 Å². The van der Waals surface area contributed by atoms with Crippen molar-refractivity contribution < 1.29 is 17.6 Å². The molecular formula is C15H15NO4S. The molecular weight excluding hydrogens is 290 g/mol. The van der Waals surface area contributed by atoms with Crippen molar-refractivity contribution in [1.82, 2.24) is 0 Å². The van der Waals surface area contributed by atoms with Crippen LogP contribution in [0.15, 0.2) is 40.8 Å². The van der Waals surface area contributed by atoms with E-state index < -0.39 is 9.84 Å². The van der Waals surface area contributed by atoms with Crippen LogP contribution < -0.4 is 4.90 Å². The zero-order valence-electron chi connectivity index (χ0n) is 11.4. The SMILES string of the molecule is O=Cc1ccc(-c2ccc(N3CCS(=O)(=O)CC3)cc2)o1. The third-order valence-corrected chi connectivity index (χ3v) is 5.21. The normalized spacial score (nSPS) is 17.6. The minimum Gasteiger partial charge on any atom is -0.453 e. The van der Waals surface area contributed by atoms with E-state index in [9.17, 15) is 13.2 Å². The Morgan fingerprint density at radius 1 is 1.00 bits per heavy atom. The van der Waals surface area contributed by atoms with Crippen LogP contribution in [0.25, 0.3) is 11.3 Å². The predicted molar refractivity (Wildman–Crippen MR) is 80.4 cm³/mol. The van der Waals surface area contributed by atoms with Crippen molar-refractivity contribution in [2.45, 2.75) is 0 Å². The molecule has 0 bridgehead atoms. The fourth-order valence-electron chi connectivity index (χ4n) is 2.38. The van der Waals surface area contributed by atoms with E-state index in [0.717, 1.165) is 11.3 Å². The molecule has 1 aliphatic heterocycles. The smallest absolute Gasteiger partial charge is 0.185 e. The van der Waals surface area contributed by atoms with Gasteiger partial charge in [-0.3, -0.25) is 4.79 Å². The number of hydrogen-bond acceptors (Lipinski definition) is 5. The van der Waals surface area contributed by atoms with E-state index in [1.54, 1.807) is 12.1 Å². The fraction of sp³-hybridized carbons (Fsp3) is 0.267. The number of aldehydes is 1. The predicted octanol–water partition coefficient (Wildman–Crippen LogP) is 1.99. The van der Waals surface area contributed by atoms with E-state index >= 15 is 0 Å². The molecule has 0 unspecified atom stereocenters. The minimum absolute atomic E-state index is 0.204. The second kappa shape index (κ2) is 5.37. The lowest BCUT2D eigenvalue weighted by atomic mass is 10.1. The Bertz CT molecular complexity index is 732. The molecule has 1 fully saturated rings. The molecule has 1 saturated heterocycles. The molecule has 1 aromatic heterocycles. The number of rotatable bonds is 3. The number of nitrogens with zero attached hydrogens (tertiary/aromatic N) is 1. The van der Waals surface area contributed by atoms with Gasteiger partial charge in [0.15, 0.2) is 21.9 Å². The Labute approximate surface area is 123 Å². The van der Waals surface area contributed by atoms with E-state index in [4.69, 9.17) is 4.42 Å². The summed E-state index contributed by atoms with van der Waals surface area (Å²) in [6, 6.07) is 11.1. The molecule has 0 saturated carbocycles. The minimum atomic E-state index is -2.86. The van der Waals surface area contributed by atoms with Crippen LogP contribution in [0.4, 0.5) is 5.69 Å². The summed E-state index contributed by atoms with van der Waals surface area (Å²) in [5, 5.41) is 0. The monoisotopic (exact) mass is 305 g/mol. The van der Waals surface area contributed by atoms with Crippen molar-refractivity contribution in [3.8, 4) is 11.3 Å². The molecule has 1 aromatic carbocycles. The first-order valence-electron chi connectivity index (χ1n) is 6.68. The molecule has 0 N–H and O–H groups in total. The van der Waals surface area contributed by atoms with E-state index in [-0.39, 0.29) is 11.5 Å². The summed E-state index contributed by atoms with van der Waals surface area (Å²) >= 11 is 0. The van der Waals surface area contributed by atoms with Gasteiger partial charge in [0.25, 0.3) is 0 Å². The second-order valence-corrected chi connectivity index (χ2v) is 7.31. The van der Waals surface area contributed by atoms with Crippen LogP contribution in [0.5, 0.6) is 0 Å². The van der Waals surface area contributed by atoms with Gasteiger partial charge < -0.3 is 9.32 Å². The lowest BCUT2D eigenvalue weighted by Gasteiger charge is -2.28. The summed E-state index contributed by atoms with van der Waals surface area (Å²) in [5.41, 5.74) is 1.88. The van der Waals surface area contributed by atoms with Crippen molar-refractivity contribution in [2.24, 2.45) is 0 Å². The molecule has 6 heteroatoms. The van der Waals surface area contributed by atoms with Gasteiger partial charge >= 0.3 is 0 Å². The quantitative estimate of drug-likeness (QED) is 0.811. The van der Waals surface area contributed by atoms with E-state index in [1.807, 2.05) is 24.3 Å². The number of carbonyl (C=O) groups is 1. The average Bonchev–Trinajstić information content (AvgIpc) is 2.96. The van der Waals surface area contributed by atoms with Crippen molar-refractivity contribution in [3.63, 3.8) is 0 Å². The van der Waals surface area contributed by atoms with Gasteiger partial charge in [-0.25, -0.2) is 8.42 Å². The Kier molecular flexibility index (Phi) is 3.55. The number of sulfone groups is 1. The van der Waals surface area contributed by atoms with E-state index in [0.29, 0.717) is 30.9 Å². The van der Waals surface area contributed by atoms with Gasteiger partial charge in [0.05, 0.1) is 11.5 Å². The zero-order valence-corrected chi connectivity index (χ0v) is 12.2. The lowest BCUT2D eigenvalue weighted by molar-refractivity contribution is 0.110. The highest BCUT2D eigenvalue weighted by atomic mass is 32.2. The summed E-state index contributed by atoms with van der Waals surface area (Å²) in [6.07, 6.45) is 0.673. The fourth-order valence-corrected chi connectivity index (χ4v) is 3.58. The Hall–Kier alpha value is -2.08. The maximum absolute atomic E-state index is 11.4. The topological polar surface area (TPSA) is 67.6 Å². The van der Waals surface area contributed by atoms with Gasteiger partial charge in [0.2, 0.25) is 0 Å². The molecule has 0 aliphatic carbocycles. The third kappa shape index (κ3) is 3.00. The molecule has 0 amide bonds. The van der Waals surface area contributed by atoms with Crippen molar-refractivity contribution in [1.29, 1.82) is 0 Å². The van der Waals surface area contributed by atoms with E-state index in [2.05, 4.69) is 4.90 Å². The first-order chi connectivity index (χ1) is 10.1. The van der Waals surface area contributed by atoms with Crippen LogP contribution in [-0.2, 0) is 9.84 Å². The number of hydrogen-bond donors (Lipinski definition) is 0. The molecule has 5 nitrogen and oxygen atoms in total. The summed E-state index contributed by atoms with van der Waals surface area (Å²) < 4.78 is 28.2. The van der Waals surface area contributed by atoms with Crippen LogP contribution in [0.1, 0.15) is 10.6 Å². The first-order valence-corrected chi connectivity index (χ1v) is 8.50. The van der Waals surface area contributed by atoms with Crippen LogP contribution in [0, 0.1) is 0 Å². The number of carbonyl (C=O) groups excluding carboxylic acids is 1. The Morgan fingerprint density at radius 3 is 2.24 bits per heavy atom. The van der Waals surface area contributed by atoms with Gasteiger partial charge in [-0.2, -0.15) is 0 Å². The standard InChI is InChI=1S/C15H15NO4S/c17-11-14-5-6-15(20-14)12-1-3-13(4-2-12)16-7-9-21(18,19)10-8-16/h1-6,11H,7-10H2. The molecule has 21 heavy (non-hydrogen) atoms.